The molecule has 126 valence electrons. The Morgan fingerprint density at radius 3 is 2.21 bits per heavy atom. The molecule has 2 rings (SSSR count). The molecule has 1 unspecified atom stereocenters. The van der Waals surface area contributed by atoms with E-state index in [4.69, 9.17) is 16.3 Å². The van der Waals surface area contributed by atoms with Gasteiger partial charge in [0, 0.05) is 18.1 Å². The molecule has 1 amide bonds. The van der Waals surface area contributed by atoms with E-state index in [1.165, 1.54) is 26.0 Å². The molecule has 0 N–H and O–H groups in total. The Morgan fingerprint density at radius 2 is 1.71 bits per heavy atom. The molecule has 1 atom stereocenters. The van der Waals surface area contributed by atoms with Crippen molar-refractivity contribution in [2.75, 3.05) is 6.61 Å². The van der Waals surface area contributed by atoms with Crippen LogP contribution in [0.1, 0.15) is 41.5 Å². The minimum Gasteiger partial charge on any atom is -0.464 e. The summed E-state index contributed by atoms with van der Waals surface area (Å²) in [4.78, 5) is 50.2. The molecular formula is C17H16ClNO5. The SMILES string of the molecule is CCOC(=O)C(C)N(C(C)=O)C1=C(Cl)C(=O)c2ccccc2C1=O. The number of ether oxygens (including phenoxy) is 1. The van der Waals surface area contributed by atoms with E-state index in [9.17, 15) is 19.2 Å². The minimum atomic E-state index is -1.09. The van der Waals surface area contributed by atoms with Gasteiger partial charge in [0.1, 0.15) is 16.8 Å². The van der Waals surface area contributed by atoms with Gasteiger partial charge in [0.2, 0.25) is 17.5 Å². The van der Waals surface area contributed by atoms with E-state index in [0.717, 1.165) is 4.90 Å². The number of fused-ring (bicyclic) bond motifs is 1. The standard InChI is InChI=1S/C17H16ClNO5/c1-4-24-17(23)9(2)19(10(3)20)14-13(18)15(21)11-7-5-6-8-12(11)16(14)22/h5-9H,4H2,1-3H3. The van der Waals surface area contributed by atoms with Crippen LogP contribution in [0.25, 0.3) is 0 Å². The molecule has 0 heterocycles. The second kappa shape index (κ2) is 6.97. The summed E-state index contributed by atoms with van der Waals surface area (Å²) in [6, 6.07) is 5.10. The van der Waals surface area contributed by atoms with Gasteiger partial charge in [-0.2, -0.15) is 0 Å². The van der Waals surface area contributed by atoms with E-state index in [-0.39, 0.29) is 28.5 Å². The molecule has 0 aliphatic heterocycles. The molecule has 0 saturated carbocycles. The lowest BCUT2D eigenvalue weighted by molar-refractivity contribution is -0.151. The number of halogens is 1. The third-order valence-corrected chi connectivity index (χ3v) is 3.98. The van der Waals surface area contributed by atoms with Gasteiger partial charge in [-0.3, -0.25) is 19.3 Å². The van der Waals surface area contributed by atoms with Crippen molar-refractivity contribution in [2.24, 2.45) is 0 Å². The van der Waals surface area contributed by atoms with Gasteiger partial charge in [-0.05, 0) is 13.8 Å². The number of rotatable bonds is 4. The summed E-state index contributed by atoms with van der Waals surface area (Å²) in [6.07, 6.45) is 0. The van der Waals surface area contributed by atoms with Gasteiger partial charge >= 0.3 is 5.97 Å². The first-order valence-corrected chi connectivity index (χ1v) is 7.73. The maximum atomic E-state index is 12.8. The van der Waals surface area contributed by atoms with Crippen molar-refractivity contribution in [1.29, 1.82) is 0 Å². The second-order valence-electron chi connectivity index (χ2n) is 5.18. The van der Waals surface area contributed by atoms with Crippen LogP contribution in [0.2, 0.25) is 0 Å². The monoisotopic (exact) mass is 349 g/mol. The molecule has 1 aromatic carbocycles. The predicted octanol–water partition coefficient (Wildman–Crippen LogP) is 2.32. The van der Waals surface area contributed by atoms with Gasteiger partial charge in [0.15, 0.2) is 0 Å². The van der Waals surface area contributed by atoms with Gasteiger partial charge in [0.25, 0.3) is 0 Å². The van der Waals surface area contributed by atoms with Crippen LogP contribution >= 0.6 is 11.6 Å². The largest absolute Gasteiger partial charge is 0.464 e. The molecule has 1 aliphatic rings. The molecule has 0 aromatic heterocycles. The van der Waals surface area contributed by atoms with E-state index >= 15 is 0 Å². The lowest BCUT2D eigenvalue weighted by atomic mass is 9.91. The highest BCUT2D eigenvalue weighted by molar-refractivity contribution is 6.50. The van der Waals surface area contributed by atoms with Crippen molar-refractivity contribution in [3.05, 3.63) is 46.1 Å². The molecule has 6 nitrogen and oxygen atoms in total. The molecule has 7 heteroatoms. The maximum absolute atomic E-state index is 12.8. The Labute approximate surface area is 144 Å². The number of benzene rings is 1. The summed E-state index contributed by atoms with van der Waals surface area (Å²) in [5.74, 6) is -2.43. The van der Waals surface area contributed by atoms with Crippen LogP contribution in [0.4, 0.5) is 0 Å². The van der Waals surface area contributed by atoms with Crippen molar-refractivity contribution in [3.8, 4) is 0 Å². The normalized spacial score (nSPS) is 15.0. The van der Waals surface area contributed by atoms with Crippen molar-refractivity contribution < 1.29 is 23.9 Å². The summed E-state index contributed by atoms with van der Waals surface area (Å²) in [6.45, 7) is 4.35. The Hall–Kier alpha value is -2.47. The van der Waals surface area contributed by atoms with E-state index in [0.29, 0.717) is 0 Å². The van der Waals surface area contributed by atoms with Gasteiger partial charge in [0.05, 0.1) is 6.61 Å². The van der Waals surface area contributed by atoms with Crippen LogP contribution in [0.3, 0.4) is 0 Å². The van der Waals surface area contributed by atoms with Crippen molar-refractivity contribution in [1.82, 2.24) is 4.90 Å². The Bertz CT molecular complexity index is 768. The summed E-state index contributed by atoms with van der Waals surface area (Å²) in [7, 11) is 0. The Balaban J connectivity index is 2.56. The quantitative estimate of drug-likeness (QED) is 0.779. The fraction of sp³-hybridized carbons (Fsp3) is 0.294. The molecule has 1 aliphatic carbocycles. The Morgan fingerprint density at radius 1 is 1.17 bits per heavy atom. The maximum Gasteiger partial charge on any atom is 0.328 e. The number of hydrogen-bond donors (Lipinski definition) is 0. The number of Topliss-reactive ketones (excluding diaryl/α,β-unsaturated/α-hetero) is 2. The first-order valence-electron chi connectivity index (χ1n) is 7.35. The first kappa shape index (κ1) is 17.9. The van der Waals surface area contributed by atoms with Crippen molar-refractivity contribution in [3.63, 3.8) is 0 Å². The molecule has 0 radical (unpaired) electrons. The Kier molecular flexibility index (Phi) is 5.19. The van der Waals surface area contributed by atoms with E-state index in [1.807, 2.05) is 0 Å². The highest BCUT2D eigenvalue weighted by Crippen LogP contribution is 2.31. The van der Waals surface area contributed by atoms with Gasteiger partial charge in [-0.1, -0.05) is 35.9 Å². The fourth-order valence-corrected chi connectivity index (χ4v) is 2.82. The van der Waals surface area contributed by atoms with Crippen LogP contribution < -0.4 is 0 Å². The topological polar surface area (TPSA) is 80.8 Å². The fourth-order valence-electron chi connectivity index (χ4n) is 2.54. The third-order valence-electron chi connectivity index (χ3n) is 3.63. The zero-order valence-corrected chi connectivity index (χ0v) is 14.2. The van der Waals surface area contributed by atoms with Crippen LogP contribution in [0.5, 0.6) is 0 Å². The van der Waals surface area contributed by atoms with Gasteiger partial charge in [-0.25, -0.2) is 4.79 Å². The van der Waals surface area contributed by atoms with Crippen molar-refractivity contribution >= 4 is 35.0 Å². The molecule has 0 bridgehead atoms. The van der Waals surface area contributed by atoms with Crippen LogP contribution in [0, 0.1) is 0 Å². The molecular weight excluding hydrogens is 334 g/mol. The highest BCUT2D eigenvalue weighted by atomic mass is 35.5. The van der Waals surface area contributed by atoms with Gasteiger partial charge in [-0.15, -0.1) is 0 Å². The van der Waals surface area contributed by atoms with E-state index in [1.54, 1.807) is 19.1 Å². The van der Waals surface area contributed by atoms with Crippen molar-refractivity contribution in [2.45, 2.75) is 26.8 Å². The number of allylic oxidation sites excluding steroid dienone is 2. The predicted molar refractivity (Wildman–Crippen MR) is 86.6 cm³/mol. The second-order valence-corrected chi connectivity index (χ2v) is 5.56. The number of esters is 1. The lowest BCUT2D eigenvalue weighted by Gasteiger charge is -2.30. The number of amides is 1. The number of ketones is 2. The van der Waals surface area contributed by atoms with Crippen LogP contribution in [-0.4, -0.2) is 41.0 Å². The smallest absolute Gasteiger partial charge is 0.328 e. The minimum absolute atomic E-state index is 0.122. The zero-order valence-electron chi connectivity index (χ0n) is 13.5. The first-order chi connectivity index (χ1) is 11.3. The average Bonchev–Trinajstić information content (AvgIpc) is 2.56. The summed E-state index contributed by atoms with van der Waals surface area (Å²) in [5, 5.41) is -0.384. The molecule has 0 saturated heterocycles. The molecule has 0 fully saturated rings. The van der Waals surface area contributed by atoms with Crippen LogP contribution in [-0.2, 0) is 14.3 Å². The highest BCUT2D eigenvalue weighted by Gasteiger charge is 2.39. The van der Waals surface area contributed by atoms with Gasteiger partial charge < -0.3 is 4.74 Å². The summed E-state index contributed by atoms with van der Waals surface area (Å²) in [5.41, 5.74) is 0.0150. The number of nitrogens with zero attached hydrogens (tertiary/aromatic N) is 1. The van der Waals surface area contributed by atoms with E-state index < -0.39 is 29.5 Å². The summed E-state index contributed by atoms with van der Waals surface area (Å²) < 4.78 is 4.90. The molecule has 0 spiro atoms. The van der Waals surface area contributed by atoms with Crippen LogP contribution in [0.15, 0.2) is 35.0 Å². The summed E-state index contributed by atoms with van der Waals surface area (Å²) >= 11 is 6.08. The number of carbonyl (C=O) groups excluding carboxylic acids is 4. The number of hydrogen-bond acceptors (Lipinski definition) is 5. The third kappa shape index (κ3) is 2.97. The number of carbonyl (C=O) groups is 4. The zero-order chi connectivity index (χ0) is 18.0. The molecule has 24 heavy (non-hydrogen) atoms. The average molecular weight is 350 g/mol. The lowest BCUT2D eigenvalue weighted by Crippen LogP contribution is -2.46. The van der Waals surface area contributed by atoms with E-state index in [2.05, 4.69) is 0 Å². The molecule has 1 aromatic rings.